The topological polar surface area (TPSA) is 165 Å². The smallest absolute Gasteiger partial charge is 0.255 e. The maximum Gasteiger partial charge on any atom is 0.255 e. The van der Waals surface area contributed by atoms with Crippen LogP contribution in [-0.4, -0.2) is 86.5 Å². The molecule has 0 aromatic heterocycles. The van der Waals surface area contributed by atoms with Gasteiger partial charge < -0.3 is 26.2 Å². The van der Waals surface area contributed by atoms with E-state index in [-0.39, 0.29) is 29.7 Å². The number of benzene rings is 1. The molecule has 5 rings (SSSR count). The Morgan fingerprint density at radius 1 is 1.14 bits per heavy atom. The van der Waals surface area contributed by atoms with Crippen molar-refractivity contribution in [2.24, 2.45) is 23.5 Å². The van der Waals surface area contributed by atoms with Gasteiger partial charge in [0.1, 0.15) is 22.8 Å². The molecule has 4 aliphatic rings. The average molecular weight is 616 g/mol. The van der Waals surface area contributed by atoms with E-state index >= 15 is 0 Å². The van der Waals surface area contributed by atoms with E-state index in [1.165, 1.54) is 43.1 Å². The second kappa shape index (κ2) is 11.9. The summed E-state index contributed by atoms with van der Waals surface area (Å²) >= 11 is 6.95. The van der Waals surface area contributed by atoms with Crippen molar-refractivity contribution in [1.82, 2.24) is 9.80 Å². The highest BCUT2D eigenvalue weighted by molar-refractivity contribution is 6.33. The molecule has 43 heavy (non-hydrogen) atoms. The number of halogens is 1. The molecule has 234 valence electrons. The molecule has 1 fully saturated rings. The monoisotopic (exact) mass is 615 g/mol. The van der Waals surface area contributed by atoms with Gasteiger partial charge in [-0.2, -0.15) is 0 Å². The number of fused-ring (bicyclic) bond motifs is 3. The summed E-state index contributed by atoms with van der Waals surface area (Å²) in [5.41, 5.74) is 2.79. The fourth-order valence-corrected chi connectivity index (χ4v) is 8.19. The number of hydrogen-bond acceptors (Lipinski definition) is 9. The number of rotatable bonds is 8. The lowest BCUT2D eigenvalue weighted by Gasteiger charge is -2.50. The first kappa shape index (κ1) is 31.5. The number of phenols is 1. The molecule has 0 bridgehead atoms. The Balaban J connectivity index is 1.51. The van der Waals surface area contributed by atoms with E-state index in [2.05, 4.69) is 11.8 Å². The van der Waals surface area contributed by atoms with Crippen molar-refractivity contribution in [2.75, 3.05) is 27.2 Å². The van der Waals surface area contributed by atoms with Gasteiger partial charge in [0, 0.05) is 23.1 Å². The van der Waals surface area contributed by atoms with E-state index in [9.17, 15) is 34.8 Å². The number of nitrogens with zero attached hydrogens (tertiary/aromatic N) is 2. The molecule has 4 atom stereocenters. The Kier molecular flexibility index (Phi) is 8.70. The Labute approximate surface area is 256 Å². The highest BCUT2D eigenvalue weighted by Crippen LogP contribution is 2.53. The number of aliphatic hydroxyl groups excluding tert-OH is 2. The summed E-state index contributed by atoms with van der Waals surface area (Å²) in [6.45, 7) is 4.29. The number of aromatic hydroxyl groups is 1. The molecule has 0 radical (unpaired) electrons. The third-order valence-corrected chi connectivity index (χ3v) is 10.6. The van der Waals surface area contributed by atoms with Gasteiger partial charge in [-0.3, -0.25) is 24.2 Å². The minimum atomic E-state index is -2.66. The highest BCUT2D eigenvalue weighted by Gasteiger charge is 2.63. The average Bonchev–Trinajstić information content (AvgIpc) is 2.95. The van der Waals surface area contributed by atoms with Gasteiger partial charge >= 0.3 is 0 Å². The number of primary amides is 1. The van der Waals surface area contributed by atoms with E-state index < -0.39 is 58.0 Å². The Morgan fingerprint density at radius 2 is 1.81 bits per heavy atom. The molecule has 10 nitrogen and oxygen atoms in total. The zero-order chi connectivity index (χ0) is 31.4. The molecule has 0 saturated heterocycles. The molecular formula is C32H42ClN3O7. The van der Waals surface area contributed by atoms with Crippen LogP contribution in [0.5, 0.6) is 5.75 Å². The van der Waals surface area contributed by atoms with E-state index in [0.29, 0.717) is 22.7 Å². The Bertz CT molecular complexity index is 1410. The number of ketones is 2. The van der Waals surface area contributed by atoms with Gasteiger partial charge in [0.25, 0.3) is 5.91 Å². The van der Waals surface area contributed by atoms with Crippen LogP contribution in [0.3, 0.4) is 0 Å². The van der Waals surface area contributed by atoms with Crippen LogP contribution < -0.4 is 5.73 Å². The van der Waals surface area contributed by atoms with Crippen molar-refractivity contribution in [3.63, 3.8) is 0 Å². The van der Waals surface area contributed by atoms with E-state index in [4.69, 9.17) is 17.3 Å². The summed E-state index contributed by atoms with van der Waals surface area (Å²) in [6.07, 6.45) is 7.70. The van der Waals surface area contributed by atoms with Crippen molar-refractivity contribution in [2.45, 2.75) is 76.5 Å². The van der Waals surface area contributed by atoms with Crippen LogP contribution in [-0.2, 0) is 22.6 Å². The third-order valence-electron chi connectivity index (χ3n) is 10.2. The van der Waals surface area contributed by atoms with E-state index in [1.54, 1.807) is 14.1 Å². The highest BCUT2D eigenvalue weighted by atomic mass is 35.5. The molecule has 0 spiro atoms. The molecule has 0 unspecified atom stereocenters. The van der Waals surface area contributed by atoms with Gasteiger partial charge in [-0.05, 0) is 75.5 Å². The number of hydrogen-bond donors (Lipinski definition) is 5. The summed E-state index contributed by atoms with van der Waals surface area (Å²) < 4.78 is 0. The molecule has 0 heterocycles. The molecule has 1 aromatic carbocycles. The summed E-state index contributed by atoms with van der Waals surface area (Å²) in [7, 11) is 3.20. The number of amides is 1. The third kappa shape index (κ3) is 5.16. The molecule has 1 amide bonds. The maximum absolute atomic E-state index is 13.9. The van der Waals surface area contributed by atoms with Gasteiger partial charge in [0.2, 0.25) is 5.78 Å². The van der Waals surface area contributed by atoms with Crippen molar-refractivity contribution in [3.05, 3.63) is 50.4 Å². The number of phenolic OH excluding ortho intramolecular Hbond substituents is 1. The molecule has 6 N–H and O–H groups in total. The van der Waals surface area contributed by atoms with Crippen molar-refractivity contribution < 1.29 is 34.8 Å². The number of aliphatic hydroxyl groups is 3. The van der Waals surface area contributed by atoms with Gasteiger partial charge in [0.15, 0.2) is 11.4 Å². The number of likely N-dealkylation sites (N-methyl/N-ethyl adjacent to an activating group) is 1. The lowest BCUT2D eigenvalue weighted by atomic mass is 9.58. The standard InChI is InChI=1S/C32H42ClN3O7/c1-4-36(11-10-16-8-6-5-7-9-16)15-18-14-21(37)23-19(25(18)33)12-17-13-20-26(35(2)3)28(39)24(31(34)42)30(41)32(20,43)29(40)22(17)27(23)38/h14,16-17,20,26,37,39-40,43H,4-13,15H2,1-3H3,(H2,34,42)/t17-,20-,26-,32-/m0/s1. The van der Waals surface area contributed by atoms with Crippen molar-refractivity contribution in [1.29, 1.82) is 0 Å². The van der Waals surface area contributed by atoms with Crippen molar-refractivity contribution in [3.8, 4) is 5.75 Å². The lowest BCUT2D eigenvalue weighted by molar-refractivity contribution is -0.148. The number of carbonyl (C=O) groups is 3. The van der Waals surface area contributed by atoms with E-state index in [1.807, 2.05) is 0 Å². The Morgan fingerprint density at radius 3 is 2.42 bits per heavy atom. The van der Waals surface area contributed by atoms with Gasteiger partial charge in [-0.1, -0.05) is 50.6 Å². The fraction of sp³-hybridized carbons (Fsp3) is 0.594. The zero-order valence-electron chi connectivity index (χ0n) is 25.0. The minimum absolute atomic E-state index is 0.0234. The zero-order valence-corrected chi connectivity index (χ0v) is 25.8. The van der Waals surface area contributed by atoms with Crippen LogP contribution in [0, 0.1) is 17.8 Å². The lowest BCUT2D eigenvalue weighted by Crippen LogP contribution is -2.63. The molecule has 11 heteroatoms. The van der Waals surface area contributed by atoms with Crippen molar-refractivity contribution >= 4 is 29.1 Å². The van der Waals surface area contributed by atoms with Crippen LogP contribution >= 0.6 is 11.6 Å². The minimum Gasteiger partial charge on any atom is -0.510 e. The van der Waals surface area contributed by atoms with Gasteiger partial charge in [-0.25, -0.2) is 0 Å². The first-order valence-corrected chi connectivity index (χ1v) is 15.6. The predicted molar refractivity (Wildman–Crippen MR) is 161 cm³/mol. The van der Waals surface area contributed by atoms with Gasteiger partial charge in [-0.15, -0.1) is 0 Å². The first-order valence-electron chi connectivity index (χ1n) is 15.2. The fourth-order valence-electron chi connectivity index (χ4n) is 7.90. The summed E-state index contributed by atoms with van der Waals surface area (Å²) in [5.74, 6) is -6.02. The summed E-state index contributed by atoms with van der Waals surface area (Å²) in [5, 5.41) is 45.6. The van der Waals surface area contributed by atoms with Crippen LogP contribution in [0.4, 0.5) is 0 Å². The van der Waals surface area contributed by atoms with Gasteiger partial charge in [0.05, 0.1) is 11.6 Å². The largest absolute Gasteiger partial charge is 0.510 e. The molecule has 4 aliphatic carbocycles. The second-order valence-corrected chi connectivity index (χ2v) is 13.2. The molecule has 1 saturated carbocycles. The molecule has 0 aliphatic heterocycles. The normalized spacial score (nSPS) is 27.9. The SMILES string of the molecule is CCN(CCC1CCCCC1)Cc1cc(O)c2c(c1Cl)C[C@H]1C[C@H]3[C@H](N(C)C)C(O)=C(C(N)=O)C(=O)[C@@]3(O)C(O)=C1C2=O. The second-order valence-electron chi connectivity index (χ2n) is 12.8. The number of Topliss-reactive ketones (excluding diaryl/α,β-unsaturated/α-hetero) is 2. The van der Waals surface area contributed by atoms with Crippen LogP contribution in [0.1, 0.15) is 73.4 Å². The maximum atomic E-state index is 13.9. The Hall–Kier alpha value is -2.92. The van der Waals surface area contributed by atoms with Crippen LogP contribution in [0.15, 0.2) is 28.7 Å². The van der Waals surface area contributed by atoms with E-state index in [0.717, 1.165) is 25.4 Å². The predicted octanol–water partition coefficient (Wildman–Crippen LogP) is 3.57. The number of carbonyl (C=O) groups excluding carboxylic acids is 3. The van der Waals surface area contributed by atoms with Crippen LogP contribution in [0.2, 0.25) is 5.02 Å². The quantitative estimate of drug-likeness (QED) is 0.275. The molecular weight excluding hydrogens is 574 g/mol. The number of nitrogens with two attached hydrogens (primary N) is 1. The number of allylic oxidation sites excluding steroid dienone is 1. The molecule has 1 aromatic rings. The van der Waals surface area contributed by atoms with Crippen LogP contribution in [0.25, 0.3) is 0 Å². The summed E-state index contributed by atoms with van der Waals surface area (Å²) in [6, 6.07) is 0.448. The summed E-state index contributed by atoms with van der Waals surface area (Å²) in [4.78, 5) is 43.3. The first-order chi connectivity index (χ1) is 20.3.